The summed E-state index contributed by atoms with van der Waals surface area (Å²) in [7, 11) is 0. The summed E-state index contributed by atoms with van der Waals surface area (Å²) in [4.78, 5) is 23.6. The van der Waals surface area contributed by atoms with Crippen molar-refractivity contribution >= 4 is 11.8 Å². The quantitative estimate of drug-likeness (QED) is 0.787. The van der Waals surface area contributed by atoms with Crippen molar-refractivity contribution in [1.82, 2.24) is 10.9 Å². The summed E-state index contributed by atoms with van der Waals surface area (Å²) in [5, 5.41) is 0. The smallest absolute Gasteiger partial charge is 0.272 e. The fraction of sp³-hybridized carbons (Fsp3) is 0.467. The number of halogens is 1. The highest BCUT2D eigenvalue weighted by molar-refractivity contribution is 5.95. The summed E-state index contributed by atoms with van der Waals surface area (Å²) >= 11 is 0. The van der Waals surface area contributed by atoms with Crippen LogP contribution in [-0.2, 0) is 4.79 Å². The van der Waals surface area contributed by atoms with E-state index in [0.29, 0.717) is 6.42 Å². The highest BCUT2D eigenvalue weighted by Gasteiger charge is 2.17. The zero-order valence-corrected chi connectivity index (χ0v) is 11.9. The van der Waals surface area contributed by atoms with Crippen molar-refractivity contribution in [3.05, 3.63) is 35.6 Å². The van der Waals surface area contributed by atoms with Gasteiger partial charge in [-0.3, -0.25) is 20.4 Å². The van der Waals surface area contributed by atoms with E-state index in [1.165, 1.54) is 18.2 Å². The van der Waals surface area contributed by atoms with Gasteiger partial charge >= 0.3 is 0 Å². The second-order valence-corrected chi connectivity index (χ2v) is 4.67. The van der Waals surface area contributed by atoms with Crippen molar-refractivity contribution < 1.29 is 14.0 Å². The molecular weight excluding hydrogens is 259 g/mol. The fourth-order valence-electron chi connectivity index (χ4n) is 1.90. The Morgan fingerprint density at radius 2 is 1.90 bits per heavy atom. The lowest BCUT2D eigenvalue weighted by Gasteiger charge is -2.15. The van der Waals surface area contributed by atoms with Gasteiger partial charge in [0.15, 0.2) is 0 Å². The molecule has 0 saturated heterocycles. The Morgan fingerprint density at radius 3 is 2.50 bits per heavy atom. The van der Waals surface area contributed by atoms with E-state index in [-0.39, 0.29) is 17.4 Å². The van der Waals surface area contributed by atoms with Gasteiger partial charge in [0, 0.05) is 5.92 Å². The van der Waals surface area contributed by atoms with E-state index in [0.717, 1.165) is 19.3 Å². The molecule has 1 atom stereocenters. The van der Waals surface area contributed by atoms with Crippen LogP contribution in [0.5, 0.6) is 0 Å². The van der Waals surface area contributed by atoms with Gasteiger partial charge in [0.2, 0.25) is 5.91 Å². The highest BCUT2D eigenvalue weighted by Crippen LogP contribution is 2.12. The predicted molar refractivity (Wildman–Crippen MR) is 75.3 cm³/mol. The molecule has 0 heterocycles. The lowest BCUT2D eigenvalue weighted by molar-refractivity contribution is -0.126. The van der Waals surface area contributed by atoms with Gasteiger partial charge in [0.05, 0.1) is 5.56 Å². The zero-order valence-electron chi connectivity index (χ0n) is 11.9. The Morgan fingerprint density at radius 1 is 1.20 bits per heavy atom. The lowest BCUT2D eigenvalue weighted by atomic mass is 9.99. The van der Waals surface area contributed by atoms with Gasteiger partial charge in [-0.1, -0.05) is 38.8 Å². The summed E-state index contributed by atoms with van der Waals surface area (Å²) in [6, 6.07) is 5.64. The SMILES string of the molecule is CCCCC(CC)C(=O)NNC(=O)c1ccccc1F. The van der Waals surface area contributed by atoms with E-state index in [1.807, 2.05) is 6.92 Å². The molecule has 1 unspecified atom stereocenters. The molecule has 2 N–H and O–H groups in total. The van der Waals surface area contributed by atoms with E-state index >= 15 is 0 Å². The number of hydrazine groups is 1. The van der Waals surface area contributed by atoms with Crippen LogP contribution in [0.15, 0.2) is 24.3 Å². The third-order valence-corrected chi connectivity index (χ3v) is 3.19. The summed E-state index contributed by atoms with van der Waals surface area (Å²) in [5.41, 5.74) is 4.53. The molecule has 0 fully saturated rings. The second kappa shape index (κ2) is 8.30. The number of unbranched alkanes of at least 4 members (excludes halogenated alkanes) is 1. The van der Waals surface area contributed by atoms with Crippen molar-refractivity contribution in [1.29, 1.82) is 0 Å². The van der Waals surface area contributed by atoms with E-state index in [4.69, 9.17) is 0 Å². The molecular formula is C15H21FN2O2. The second-order valence-electron chi connectivity index (χ2n) is 4.67. The molecule has 1 aromatic rings. The van der Waals surface area contributed by atoms with Crippen LogP contribution in [0.25, 0.3) is 0 Å². The van der Waals surface area contributed by atoms with Crippen LogP contribution in [0, 0.1) is 11.7 Å². The molecule has 0 spiro atoms. The summed E-state index contributed by atoms with van der Waals surface area (Å²) < 4.78 is 13.4. The number of hydrogen-bond acceptors (Lipinski definition) is 2. The molecule has 0 saturated carbocycles. The first-order valence-electron chi connectivity index (χ1n) is 6.94. The molecule has 0 bridgehead atoms. The third-order valence-electron chi connectivity index (χ3n) is 3.19. The average Bonchev–Trinajstić information content (AvgIpc) is 2.46. The van der Waals surface area contributed by atoms with Crippen LogP contribution in [0.2, 0.25) is 0 Å². The van der Waals surface area contributed by atoms with Gasteiger partial charge in [0.25, 0.3) is 5.91 Å². The van der Waals surface area contributed by atoms with Crippen molar-refractivity contribution in [2.24, 2.45) is 5.92 Å². The molecule has 0 radical (unpaired) electrons. The molecule has 0 aliphatic rings. The van der Waals surface area contributed by atoms with Gasteiger partial charge < -0.3 is 0 Å². The summed E-state index contributed by atoms with van der Waals surface area (Å²) in [6.07, 6.45) is 3.48. The number of hydrogen-bond donors (Lipinski definition) is 2. The molecule has 2 amide bonds. The van der Waals surface area contributed by atoms with Crippen LogP contribution in [0.1, 0.15) is 49.9 Å². The first-order chi connectivity index (χ1) is 9.60. The van der Waals surface area contributed by atoms with Crippen LogP contribution in [0.4, 0.5) is 4.39 Å². The van der Waals surface area contributed by atoms with E-state index in [2.05, 4.69) is 17.8 Å². The third kappa shape index (κ3) is 4.64. The lowest BCUT2D eigenvalue weighted by Crippen LogP contribution is -2.44. The van der Waals surface area contributed by atoms with Crippen LogP contribution in [0.3, 0.4) is 0 Å². The van der Waals surface area contributed by atoms with Crippen LogP contribution < -0.4 is 10.9 Å². The number of benzene rings is 1. The maximum atomic E-state index is 13.4. The van der Waals surface area contributed by atoms with Crippen molar-refractivity contribution in [2.45, 2.75) is 39.5 Å². The average molecular weight is 280 g/mol. The van der Waals surface area contributed by atoms with Gasteiger partial charge in [-0.15, -0.1) is 0 Å². The van der Waals surface area contributed by atoms with Crippen molar-refractivity contribution in [2.75, 3.05) is 0 Å². The summed E-state index contributed by atoms with van der Waals surface area (Å²) in [6.45, 7) is 3.99. The first kappa shape index (κ1) is 16.1. The minimum atomic E-state index is -0.651. The Bertz CT molecular complexity index is 463. The molecule has 0 aliphatic heterocycles. The first-order valence-corrected chi connectivity index (χ1v) is 6.94. The van der Waals surface area contributed by atoms with Crippen molar-refractivity contribution in [3.63, 3.8) is 0 Å². The zero-order chi connectivity index (χ0) is 15.0. The topological polar surface area (TPSA) is 58.2 Å². The Hall–Kier alpha value is -1.91. The predicted octanol–water partition coefficient (Wildman–Crippen LogP) is 2.80. The van der Waals surface area contributed by atoms with E-state index < -0.39 is 11.7 Å². The fourth-order valence-corrected chi connectivity index (χ4v) is 1.90. The standard InChI is InChI=1S/C15H21FN2O2/c1-3-5-8-11(4-2)14(19)17-18-15(20)12-9-6-7-10-13(12)16/h6-7,9-11H,3-5,8H2,1-2H3,(H,17,19)(H,18,20). The molecule has 0 aliphatic carbocycles. The van der Waals surface area contributed by atoms with Gasteiger partial charge in [-0.25, -0.2) is 4.39 Å². The number of amides is 2. The number of nitrogens with one attached hydrogen (secondary N) is 2. The van der Waals surface area contributed by atoms with Crippen molar-refractivity contribution in [3.8, 4) is 0 Å². The van der Waals surface area contributed by atoms with Gasteiger partial charge in [-0.05, 0) is 25.0 Å². The number of carbonyl (C=O) groups excluding carboxylic acids is 2. The molecule has 4 nitrogen and oxygen atoms in total. The maximum Gasteiger partial charge on any atom is 0.272 e. The Balaban J connectivity index is 2.52. The molecule has 1 aromatic carbocycles. The molecule has 20 heavy (non-hydrogen) atoms. The van der Waals surface area contributed by atoms with Gasteiger partial charge in [-0.2, -0.15) is 0 Å². The Labute approximate surface area is 118 Å². The van der Waals surface area contributed by atoms with Crippen LogP contribution >= 0.6 is 0 Å². The largest absolute Gasteiger partial charge is 0.273 e. The minimum Gasteiger partial charge on any atom is -0.273 e. The monoisotopic (exact) mass is 280 g/mol. The van der Waals surface area contributed by atoms with E-state index in [9.17, 15) is 14.0 Å². The van der Waals surface area contributed by atoms with Gasteiger partial charge in [0.1, 0.15) is 5.82 Å². The Kier molecular flexibility index (Phi) is 6.70. The molecule has 5 heteroatoms. The summed E-state index contributed by atoms with van der Waals surface area (Å²) in [5.74, 6) is -1.62. The molecule has 1 rings (SSSR count). The minimum absolute atomic E-state index is 0.0885. The number of carbonyl (C=O) groups is 2. The number of rotatable bonds is 6. The molecule has 0 aromatic heterocycles. The molecule has 110 valence electrons. The highest BCUT2D eigenvalue weighted by atomic mass is 19.1. The van der Waals surface area contributed by atoms with Crippen LogP contribution in [-0.4, -0.2) is 11.8 Å². The maximum absolute atomic E-state index is 13.4. The normalized spacial score (nSPS) is 11.8. The van der Waals surface area contributed by atoms with E-state index in [1.54, 1.807) is 6.07 Å².